The number of nitrogens with zero attached hydrogens (tertiary/aromatic N) is 5. The van der Waals surface area contributed by atoms with Crippen molar-refractivity contribution in [1.82, 2.24) is 29.6 Å². The molecule has 0 radical (unpaired) electrons. The lowest BCUT2D eigenvalue weighted by atomic mass is 10.2. The van der Waals surface area contributed by atoms with Gasteiger partial charge in [-0.05, 0) is 49.7 Å². The van der Waals surface area contributed by atoms with Gasteiger partial charge in [-0.3, -0.25) is 9.69 Å². The third kappa shape index (κ3) is 4.72. The fourth-order valence-electron chi connectivity index (χ4n) is 3.97. The molecule has 0 aliphatic carbocycles. The number of rotatable bonds is 7. The van der Waals surface area contributed by atoms with Crippen molar-refractivity contribution in [2.75, 3.05) is 13.1 Å². The Balaban J connectivity index is 1.40. The van der Waals surface area contributed by atoms with Gasteiger partial charge in [-0.1, -0.05) is 53.7 Å². The van der Waals surface area contributed by atoms with Gasteiger partial charge in [0.05, 0.1) is 29.7 Å². The maximum absolute atomic E-state index is 12.5. The maximum Gasteiger partial charge on any atom is 0.258 e. The minimum atomic E-state index is -0.187. The quantitative estimate of drug-likeness (QED) is 0.413. The van der Waals surface area contributed by atoms with Crippen LogP contribution in [0.1, 0.15) is 30.1 Å². The number of halogens is 1. The van der Waals surface area contributed by atoms with Gasteiger partial charge in [0, 0.05) is 5.02 Å². The van der Waals surface area contributed by atoms with Crippen molar-refractivity contribution in [2.24, 2.45) is 0 Å². The zero-order valence-electron chi connectivity index (χ0n) is 17.5. The van der Waals surface area contributed by atoms with E-state index in [-0.39, 0.29) is 5.56 Å². The molecule has 0 spiro atoms. The summed E-state index contributed by atoms with van der Waals surface area (Å²) in [6.45, 7) is 3.71. The Bertz CT molecular complexity index is 1280. The second-order valence-electron chi connectivity index (χ2n) is 7.92. The predicted octanol–water partition coefficient (Wildman–Crippen LogP) is 4.10. The Morgan fingerprint density at radius 1 is 1.03 bits per heavy atom. The van der Waals surface area contributed by atoms with Crippen molar-refractivity contribution < 1.29 is 0 Å². The van der Waals surface area contributed by atoms with Crippen LogP contribution in [0.5, 0.6) is 0 Å². The number of aromatic amines is 1. The Kier molecular flexibility index (Phi) is 6.25. The number of benzene rings is 2. The van der Waals surface area contributed by atoms with Crippen LogP contribution in [0.2, 0.25) is 5.02 Å². The van der Waals surface area contributed by atoms with E-state index in [1.807, 2.05) is 18.2 Å². The van der Waals surface area contributed by atoms with Crippen LogP contribution >= 0.6 is 23.4 Å². The molecule has 164 valence electrons. The monoisotopic (exact) mass is 466 g/mol. The smallest absolute Gasteiger partial charge is 0.258 e. The Morgan fingerprint density at radius 2 is 1.84 bits per heavy atom. The molecule has 2 aromatic heterocycles. The van der Waals surface area contributed by atoms with Crippen LogP contribution in [-0.2, 0) is 18.8 Å². The number of hydrogen-bond acceptors (Lipinski definition) is 6. The van der Waals surface area contributed by atoms with E-state index in [4.69, 9.17) is 11.6 Å². The van der Waals surface area contributed by atoms with Gasteiger partial charge in [-0.2, -0.15) is 0 Å². The molecule has 0 amide bonds. The van der Waals surface area contributed by atoms with Gasteiger partial charge in [0.1, 0.15) is 11.6 Å². The zero-order chi connectivity index (χ0) is 21.9. The first kappa shape index (κ1) is 21.2. The first-order valence-corrected chi connectivity index (χ1v) is 12.0. The van der Waals surface area contributed by atoms with Gasteiger partial charge < -0.3 is 9.55 Å². The van der Waals surface area contributed by atoms with Gasteiger partial charge in [0.15, 0.2) is 5.16 Å². The van der Waals surface area contributed by atoms with Crippen LogP contribution in [0.3, 0.4) is 0 Å². The summed E-state index contributed by atoms with van der Waals surface area (Å²) < 4.78 is 2.18. The molecule has 0 atom stereocenters. The van der Waals surface area contributed by atoms with Gasteiger partial charge in [-0.15, -0.1) is 10.2 Å². The van der Waals surface area contributed by atoms with E-state index < -0.39 is 0 Å². The lowest BCUT2D eigenvalue weighted by Crippen LogP contribution is -2.21. The molecule has 1 fully saturated rings. The average molecular weight is 467 g/mol. The number of aromatic nitrogens is 5. The highest BCUT2D eigenvalue weighted by atomic mass is 35.5. The van der Waals surface area contributed by atoms with E-state index in [1.54, 1.807) is 18.2 Å². The van der Waals surface area contributed by atoms with E-state index in [0.29, 0.717) is 34.0 Å². The molecule has 0 bridgehead atoms. The molecule has 7 nitrogen and oxygen atoms in total. The third-order valence-corrected chi connectivity index (χ3v) is 6.81. The first-order chi connectivity index (χ1) is 15.7. The second-order valence-corrected chi connectivity index (χ2v) is 9.30. The molecule has 3 heterocycles. The second kappa shape index (κ2) is 9.44. The van der Waals surface area contributed by atoms with Crippen molar-refractivity contribution in [3.8, 4) is 0 Å². The number of hydrogen-bond donors (Lipinski definition) is 1. The predicted molar refractivity (Wildman–Crippen MR) is 127 cm³/mol. The average Bonchev–Trinajstić information content (AvgIpc) is 3.44. The summed E-state index contributed by atoms with van der Waals surface area (Å²) in [7, 11) is 0. The van der Waals surface area contributed by atoms with Crippen molar-refractivity contribution in [3.63, 3.8) is 0 Å². The van der Waals surface area contributed by atoms with Crippen LogP contribution in [0.25, 0.3) is 10.9 Å². The van der Waals surface area contributed by atoms with Crippen molar-refractivity contribution >= 4 is 34.3 Å². The molecule has 0 unspecified atom stereocenters. The molecule has 1 N–H and O–H groups in total. The lowest BCUT2D eigenvalue weighted by molar-refractivity contribution is 0.316. The summed E-state index contributed by atoms with van der Waals surface area (Å²) >= 11 is 7.54. The number of nitrogens with one attached hydrogen (secondary N) is 1. The summed E-state index contributed by atoms with van der Waals surface area (Å²) in [5.41, 5.74) is 1.65. The van der Waals surface area contributed by atoms with E-state index >= 15 is 0 Å². The molecule has 4 aromatic rings. The largest absolute Gasteiger partial charge is 0.309 e. The number of fused-ring (bicyclic) bond motifs is 1. The van der Waals surface area contributed by atoms with Gasteiger partial charge >= 0.3 is 0 Å². The first-order valence-electron chi connectivity index (χ1n) is 10.7. The van der Waals surface area contributed by atoms with E-state index in [2.05, 4.69) is 41.8 Å². The molecule has 1 aliphatic rings. The Hall–Kier alpha value is -2.68. The minimum Gasteiger partial charge on any atom is -0.309 e. The number of thioether (sulfide) groups is 1. The van der Waals surface area contributed by atoms with Gasteiger partial charge in [0.25, 0.3) is 5.56 Å². The standard InChI is InChI=1S/C23H23ClN6OS/c24-17-8-9-19-18(12-17)22(31)26-20(25-19)15-32-23-28-27-21(14-29-10-4-5-11-29)30(23)13-16-6-2-1-3-7-16/h1-3,6-9,12H,4-5,10-11,13-15H2,(H,25,26,31). The van der Waals surface area contributed by atoms with Crippen molar-refractivity contribution in [2.45, 2.75) is 36.8 Å². The summed E-state index contributed by atoms with van der Waals surface area (Å²) in [5.74, 6) is 2.06. The summed E-state index contributed by atoms with van der Waals surface area (Å²) in [6.07, 6.45) is 2.47. The van der Waals surface area contributed by atoms with Crippen LogP contribution in [0.4, 0.5) is 0 Å². The van der Waals surface area contributed by atoms with Crippen LogP contribution in [-0.4, -0.2) is 42.7 Å². The molecule has 5 rings (SSSR count). The molecule has 1 saturated heterocycles. The van der Waals surface area contributed by atoms with Crippen LogP contribution < -0.4 is 5.56 Å². The molecule has 9 heteroatoms. The minimum absolute atomic E-state index is 0.187. The third-order valence-electron chi connectivity index (χ3n) is 5.60. The maximum atomic E-state index is 12.5. The summed E-state index contributed by atoms with van der Waals surface area (Å²) in [5, 5.41) is 10.8. The highest BCUT2D eigenvalue weighted by Crippen LogP contribution is 2.24. The molecule has 0 saturated carbocycles. The van der Waals surface area contributed by atoms with Crippen LogP contribution in [0, 0.1) is 0 Å². The molecule has 1 aliphatic heterocycles. The zero-order valence-corrected chi connectivity index (χ0v) is 19.1. The number of H-pyrrole nitrogens is 1. The van der Waals surface area contributed by atoms with Gasteiger partial charge in [-0.25, -0.2) is 4.98 Å². The summed E-state index contributed by atoms with van der Waals surface area (Å²) in [4.78, 5) is 22.4. The van der Waals surface area contributed by atoms with E-state index in [1.165, 1.54) is 30.2 Å². The van der Waals surface area contributed by atoms with Crippen molar-refractivity contribution in [3.05, 3.63) is 81.1 Å². The molecular formula is C23H23ClN6OS. The highest BCUT2D eigenvalue weighted by Gasteiger charge is 2.19. The molecule has 32 heavy (non-hydrogen) atoms. The lowest BCUT2D eigenvalue weighted by Gasteiger charge is -2.16. The summed E-state index contributed by atoms with van der Waals surface area (Å²) in [6, 6.07) is 15.5. The van der Waals surface area contributed by atoms with Gasteiger partial charge in [0.2, 0.25) is 0 Å². The molecular weight excluding hydrogens is 444 g/mol. The highest BCUT2D eigenvalue weighted by molar-refractivity contribution is 7.98. The van der Waals surface area contributed by atoms with Crippen molar-refractivity contribution in [1.29, 1.82) is 0 Å². The SMILES string of the molecule is O=c1[nH]c(CSc2nnc(CN3CCCC3)n2Cc2ccccc2)nc2ccc(Cl)cc12. The topological polar surface area (TPSA) is 79.7 Å². The van der Waals surface area contributed by atoms with E-state index in [9.17, 15) is 4.79 Å². The molecule has 2 aromatic carbocycles. The Morgan fingerprint density at radius 3 is 2.66 bits per heavy atom. The van der Waals surface area contributed by atoms with Crippen LogP contribution in [0.15, 0.2) is 58.5 Å². The fourth-order valence-corrected chi connectivity index (χ4v) is 4.97. The number of likely N-dealkylation sites (tertiary alicyclic amines) is 1. The Labute approximate surface area is 194 Å². The normalized spacial score (nSPS) is 14.4. The fraction of sp³-hybridized carbons (Fsp3) is 0.304. The van der Waals surface area contributed by atoms with E-state index in [0.717, 1.165) is 30.6 Å².